The summed E-state index contributed by atoms with van der Waals surface area (Å²) in [5, 5.41) is 3.86. The molecule has 0 amide bonds. The summed E-state index contributed by atoms with van der Waals surface area (Å²) in [4.78, 5) is 3.82. The van der Waals surface area contributed by atoms with E-state index in [1.807, 2.05) is 7.05 Å². The second kappa shape index (κ2) is 3.90. The molecule has 0 saturated carbocycles. The lowest BCUT2D eigenvalue weighted by Crippen LogP contribution is -2.05. The lowest BCUT2D eigenvalue weighted by molar-refractivity contribution is 0.816. The molecular weight excluding hydrogens is 183 g/mol. The Bertz CT molecular complexity index is 230. The number of hydrogen-bond acceptors (Lipinski definition) is 2. The molecule has 0 radical (unpaired) electrons. The van der Waals surface area contributed by atoms with Crippen LogP contribution >= 0.6 is 23.2 Å². The Morgan fingerprint density at radius 2 is 1.91 bits per heavy atom. The standard InChI is InChI=1S/C7H8Cl2N2/c1-10-4-5-2-6(8)11-7(9)3-5/h2-3,10H,4H2,1H3. The largest absolute Gasteiger partial charge is 0.316 e. The van der Waals surface area contributed by atoms with Crippen molar-refractivity contribution in [1.29, 1.82) is 0 Å². The first-order chi connectivity index (χ1) is 5.22. The van der Waals surface area contributed by atoms with Crippen molar-refractivity contribution in [3.05, 3.63) is 28.0 Å². The van der Waals surface area contributed by atoms with E-state index in [-0.39, 0.29) is 0 Å². The van der Waals surface area contributed by atoms with Crippen LogP contribution in [0.1, 0.15) is 5.56 Å². The van der Waals surface area contributed by atoms with E-state index >= 15 is 0 Å². The maximum atomic E-state index is 5.66. The molecule has 0 atom stereocenters. The van der Waals surface area contributed by atoms with E-state index in [1.54, 1.807) is 12.1 Å². The van der Waals surface area contributed by atoms with Crippen LogP contribution in [0.25, 0.3) is 0 Å². The van der Waals surface area contributed by atoms with E-state index in [0.29, 0.717) is 10.3 Å². The summed E-state index contributed by atoms with van der Waals surface area (Å²) in [5.74, 6) is 0. The third-order valence-corrected chi connectivity index (χ3v) is 1.59. The fourth-order valence-corrected chi connectivity index (χ4v) is 1.33. The van der Waals surface area contributed by atoms with Crippen molar-refractivity contribution in [1.82, 2.24) is 10.3 Å². The predicted octanol–water partition coefficient (Wildman–Crippen LogP) is 2.11. The zero-order valence-electron chi connectivity index (χ0n) is 6.06. The van der Waals surface area contributed by atoms with Crippen molar-refractivity contribution in [3.8, 4) is 0 Å². The van der Waals surface area contributed by atoms with Gasteiger partial charge in [0, 0.05) is 6.54 Å². The Kier molecular flexibility index (Phi) is 3.12. The molecular formula is C7H8Cl2N2. The molecule has 0 aliphatic carbocycles. The molecule has 1 N–H and O–H groups in total. The number of pyridine rings is 1. The Hall–Kier alpha value is -0.310. The van der Waals surface area contributed by atoms with Gasteiger partial charge >= 0.3 is 0 Å². The third kappa shape index (κ3) is 2.66. The minimum Gasteiger partial charge on any atom is -0.316 e. The molecule has 11 heavy (non-hydrogen) atoms. The molecule has 1 heterocycles. The van der Waals surface area contributed by atoms with Crippen LogP contribution in [0.4, 0.5) is 0 Å². The van der Waals surface area contributed by atoms with E-state index < -0.39 is 0 Å². The molecule has 0 fully saturated rings. The quantitative estimate of drug-likeness (QED) is 0.724. The van der Waals surface area contributed by atoms with Crippen LogP contribution < -0.4 is 5.32 Å². The van der Waals surface area contributed by atoms with Gasteiger partial charge in [0.25, 0.3) is 0 Å². The van der Waals surface area contributed by atoms with Crippen LogP contribution in [0.2, 0.25) is 10.3 Å². The summed E-state index contributed by atoms with van der Waals surface area (Å²) in [6.45, 7) is 0.752. The molecule has 0 aliphatic rings. The van der Waals surface area contributed by atoms with Crippen molar-refractivity contribution in [3.63, 3.8) is 0 Å². The minimum absolute atomic E-state index is 0.433. The normalized spacial score (nSPS) is 10.1. The van der Waals surface area contributed by atoms with Crippen LogP contribution in [0.3, 0.4) is 0 Å². The molecule has 0 aromatic carbocycles. The number of aromatic nitrogens is 1. The molecule has 2 nitrogen and oxygen atoms in total. The Labute approximate surface area is 75.5 Å². The van der Waals surface area contributed by atoms with Crippen LogP contribution in [-0.4, -0.2) is 12.0 Å². The van der Waals surface area contributed by atoms with Gasteiger partial charge in [0.2, 0.25) is 0 Å². The van der Waals surface area contributed by atoms with E-state index in [0.717, 1.165) is 12.1 Å². The van der Waals surface area contributed by atoms with Crippen LogP contribution in [0.5, 0.6) is 0 Å². The fourth-order valence-electron chi connectivity index (χ4n) is 0.820. The third-order valence-electron chi connectivity index (χ3n) is 1.20. The number of nitrogens with zero attached hydrogens (tertiary/aromatic N) is 1. The Morgan fingerprint density at radius 3 is 2.36 bits per heavy atom. The number of rotatable bonds is 2. The molecule has 1 rings (SSSR count). The molecule has 1 aromatic heterocycles. The zero-order valence-corrected chi connectivity index (χ0v) is 7.58. The Balaban J connectivity index is 2.89. The van der Waals surface area contributed by atoms with Gasteiger partial charge in [-0.2, -0.15) is 0 Å². The summed E-state index contributed by atoms with van der Waals surface area (Å²) in [5.41, 5.74) is 1.04. The van der Waals surface area contributed by atoms with Crippen molar-refractivity contribution in [2.24, 2.45) is 0 Å². The van der Waals surface area contributed by atoms with Crippen molar-refractivity contribution in [2.45, 2.75) is 6.54 Å². The van der Waals surface area contributed by atoms with Gasteiger partial charge in [0.05, 0.1) is 0 Å². The van der Waals surface area contributed by atoms with Gasteiger partial charge in [-0.3, -0.25) is 0 Å². The highest BCUT2D eigenvalue weighted by Crippen LogP contribution is 2.13. The van der Waals surface area contributed by atoms with E-state index in [4.69, 9.17) is 23.2 Å². The van der Waals surface area contributed by atoms with Crippen LogP contribution in [-0.2, 0) is 6.54 Å². The van der Waals surface area contributed by atoms with Gasteiger partial charge in [-0.15, -0.1) is 0 Å². The van der Waals surface area contributed by atoms with E-state index in [1.165, 1.54) is 0 Å². The average molecular weight is 191 g/mol. The van der Waals surface area contributed by atoms with E-state index in [2.05, 4.69) is 10.3 Å². The zero-order chi connectivity index (χ0) is 8.27. The highest BCUT2D eigenvalue weighted by atomic mass is 35.5. The van der Waals surface area contributed by atoms with E-state index in [9.17, 15) is 0 Å². The van der Waals surface area contributed by atoms with Gasteiger partial charge in [0.15, 0.2) is 0 Å². The second-order valence-electron chi connectivity index (χ2n) is 2.15. The molecule has 4 heteroatoms. The van der Waals surface area contributed by atoms with Crippen molar-refractivity contribution < 1.29 is 0 Å². The number of hydrogen-bond donors (Lipinski definition) is 1. The van der Waals surface area contributed by atoms with Crippen molar-refractivity contribution in [2.75, 3.05) is 7.05 Å². The van der Waals surface area contributed by atoms with Gasteiger partial charge in [0.1, 0.15) is 10.3 Å². The summed E-state index contributed by atoms with van der Waals surface area (Å²) in [7, 11) is 1.86. The summed E-state index contributed by atoms with van der Waals surface area (Å²) < 4.78 is 0. The smallest absolute Gasteiger partial charge is 0.131 e. The van der Waals surface area contributed by atoms with Crippen LogP contribution in [0, 0.1) is 0 Å². The number of nitrogens with one attached hydrogen (secondary N) is 1. The molecule has 1 aromatic rings. The summed E-state index contributed by atoms with van der Waals surface area (Å²) >= 11 is 11.3. The molecule has 0 spiro atoms. The average Bonchev–Trinajstić information content (AvgIpc) is 1.85. The van der Waals surface area contributed by atoms with Gasteiger partial charge in [-0.05, 0) is 24.7 Å². The molecule has 0 aliphatic heterocycles. The van der Waals surface area contributed by atoms with Gasteiger partial charge in [-0.25, -0.2) is 4.98 Å². The summed E-state index contributed by atoms with van der Waals surface area (Å²) in [6, 6.07) is 3.56. The van der Waals surface area contributed by atoms with Crippen LogP contribution in [0.15, 0.2) is 12.1 Å². The first kappa shape index (κ1) is 8.78. The monoisotopic (exact) mass is 190 g/mol. The highest BCUT2D eigenvalue weighted by Gasteiger charge is 1.97. The first-order valence-corrected chi connectivity index (χ1v) is 3.94. The predicted molar refractivity (Wildman–Crippen MR) is 47.0 cm³/mol. The molecule has 0 bridgehead atoms. The molecule has 60 valence electrons. The second-order valence-corrected chi connectivity index (χ2v) is 2.93. The first-order valence-electron chi connectivity index (χ1n) is 3.19. The number of halogens is 2. The molecule has 0 saturated heterocycles. The highest BCUT2D eigenvalue weighted by molar-refractivity contribution is 6.32. The maximum absolute atomic E-state index is 5.66. The maximum Gasteiger partial charge on any atom is 0.131 e. The summed E-state index contributed by atoms with van der Waals surface area (Å²) in [6.07, 6.45) is 0. The lowest BCUT2D eigenvalue weighted by Gasteiger charge is -2.00. The van der Waals surface area contributed by atoms with Crippen molar-refractivity contribution >= 4 is 23.2 Å². The van der Waals surface area contributed by atoms with Gasteiger partial charge < -0.3 is 5.32 Å². The Morgan fingerprint density at radius 1 is 1.36 bits per heavy atom. The SMILES string of the molecule is CNCc1cc(Cl)nc(Cl)c1. The minimum atomic E-state index is 0.433. The van der Waals surface area contributed by atoms with Gasteiger partial charge in [-0.1, -0.05) is 23.2 Å². The molecule has 0 unspecified atom stereocenters. The fraction of sp³-hybridized carbons (Fsp3) is 0.286. The topological polar surface area (TPSA) is 24.9 Å². The lowest BCUT2D eigenvalue weighted by atomic mass is 10.3.